The standard InChI is InChI=1S/C17H16F3NO3/c18-17(19,20)15(21)14(24-13-9-5-2-6-10-13)16(22)23-11-12-7-3-1-4-8-12/h1-10,14-15H,11,21H2/t14-,15-/m1/s1. The predicted octanol–water partition coefficient (Wildman–Crippen LogP) is 3.07. The van der Waals surface area contributed by atoms with Gasteiger partial charge >= 0.3 is 12.1 Å². The largest absolute Gasteiger partial charge is 0.477 e. The molecule has 0 bridgehead atoms. The van der Waals surface area contributed by atoms with Gasteiger partial charge in [0.1, 0.15) is 18.4 Å². The number of hydrogen-bond donors (Lipinski definition) is 1. The molecule has 0 heterocycles. The number of ether oxygens (including phenoxy) is 2. The number of esters is 1. The Balaban J connectivity index is 2.10. The van der Waals surface area contributed by atoms with E-state index in [-0.39, 0.29) is 12.4 Å². The minimum absolute atomic E-state index is 0.0962. The van der Waals surface area contributed by atoms with E-state index in [1.807, 2.05) is 0 Å². The van der Waals surface area contributed by atoms with Crippen LogP contribution in [-0.2, 0) is 16.1 Å². The van der Waals surface area contributed by atoms with Crippen molar-refractivity contribution in [3.05, 3.63) is 66.2 Å². The minimum atomic E-state index is -4.80. The summed E-state index contributed by atoms with van der Waals surface area (Å²) in [5.41, 5.74) is 5.81. The van der Waals surface area contributed by atoms with E-state index in [2.05, 4.69) is 0 Å². The van der Waals surface area contributed by atoms with Crippen LogP contribution in [0.3, 0.4) is 0 Å². The quantitative estimate of drug-likeness (QED) is 0.822. The van der Waals surface area contributed by atoms with E-state index in [1.165, 1.54) is 12.1 Å². The van der Waals surface area contributed by atoms with Crippen LogP contribution in [0.2, 0.25) is 0 Å². The minimum Gasteiger partial charge on any atom is -0.477 e. The highest BCUT2D eigenvalue weighted by atomic mass is 19.4. The lowest BCUT2D eigenvalue weighted by Gasteiger charge is -2.25. The van der Waals surface area contributed by atoms with Crippen molar-refractivity contribution in [1.29, 1.82) is 0 Å². The van der Waals surface area contributed by atoms with Crippen molar-refractivity contribution >= 4 is 5.97 Å². The van der Waals surface area contributed by atoms with Gasteiger partial charge in [0, 0.05) is 0 Å². The normalized spacial score (nSPS) is 13.8. The monoisotopic (exact) mass is 339 g/mol. The van der Waals surface area contributed by atoms with Gasteiger partial charge in [-0.1, -0.05) is 48.5 Å². The molecule has 0 unspecified atom stereocenters. The van der Waals surface area contributed by atoms with E-state index in [4.69, 9.17) is 15.2 Å². The maximum Gasteiger partial charge on any atom is 0.407 e. The molecule has 2 aromatic rings. The second-order valence-electron chi connectivity index (χ2n) is 5.01. The summed E-state index contributed by atoms with van der Waals surface area (Å²) in [6, 6.07) is 13.8. The van der Waals surface area contributed by atoms with Crippen LogP contribution in [0.5, 0.6) is 5.75 Å². The highest BCUT2D eigenvalue weighted by molar-refractivity contribution is 5.76. The lowest BCUT2D eigenvalue weighted by Crippen LogP contribution is -2.53. The first-order valence-electron chi connectivity index (χ1n) is 7.12. The van der Waals surface area contributed by atoms with E-state index in [9.17, 15) is 18.0 Å². The van der Waals surface area contributed by atoms with Crippen LogP contribution in [0, 0.1) is 0 Å². The van der Waals surface area contributed by atoms with Crippen molar-refractivity contribution in [1.82, 2.24) is 0 Å². The first-order valence-corrected chi connectivity index (χ1v) is 7.12. The van der Waals surface area contributed by atoms with Crippen LogP contribution in [0.15, 0.2) is 60.7 Å². The number of benzene rings is 2. The molecular formula is C17H16F3NO3. The summed E-state index contributed by atoms with van der Waals surface area (Å²) in [6.45, 7) is -0.168. The Labute approximate surface area is 137 Å². The van der Waals surface area contributed by atoms with Crippen LogP contribution in [0.25, 0.3) is 0 Å². The van der Waals surface area contributed by atoms with E-state index in [0.29, 0.717) is 5.56 Å². The molecule has 0 aromatic heterocycles. The van der Waals surface area contributed by atoms with Crippen LogP contribution in [-0.4, -0.2) is 24.3 Å². The summed E-state index contributed by atoms with van der Waals surface area (Å²) >= 11 is 0. The average molecular weight is 339 g/mol. The van der Waals surface area contributed by atoms with Crippen molar-refractivity contribution in [2.75, 3.05) is 0 Å². The molecule has 0 spiro atoms. The molecule has 2 rings (SSSR count). The number of halogens is 3. The topological polar surface area (TPSA) is 61.5 Å². The third-order valence-corrected chi connectivity index (χ3v) is 3.17. The Morgan fingerprint density at radius 3 is 2.08 bits per heavy atom. The van der Waals surface area contributed by atoms with Crippen molar-refractivity contribution in [3.8, 4) is 5.75 Å². The summed E-state index contributed by atoms with van der Waals surface area (Å²) in [5.74, 6) is -1.08. The fraction of sp³-hybridized carbons (Fsp3) is 0.235. The summed E-state index contributed by atoms with van der Waals surface area (Å²) < 4.78 is 48.8. The van der Waals surface area contributed by atoms with Gasteiger partial charge in [-0.15, -0.1) is 0 Å². The first-order chi connectivity index (χ1) is 11.4. The Hall–Kier alpha value is -2.54. The molecule has 0 aliphatic rings. The van der Waals surface area contributed by atoms with Crippen molar-refractivity contribution in [2.45, 2.75) is 24.9 Å². The molecule has 24 heavy (non-hydrogen) atoms. The number of alkyl halides is 3. The zero-order valence-electron chi connectivity index (χ0n) is 12.6. The molecule has 0 saturated heterocycles. The molecule has 4 nitrogen and oxygen atoms in total. The predicted molar refractivity (Wildman–Crippen MR) is 81.1 cm³/mol. The van der Waals surface area contributed by atoms with E-state index in [0.717, 1.165) is 0 Å². The van der Waals surface area contributed by atoms with Crippen molar-refractivity contribution in [3.63, 3.8) is 0 Å². The second-order valence-corrected chi connectivity index (χ2v) is 5.01. The molecule has 0 aliphatic carbocycles. The van der Waals surface area contributed by atoms with Gasteiger partial charge in [0.15, 0.2) is 0 Å². The Kier molecular flexibility index (Phi) is 5.81. The van der Waals surface area contributed by atoms with Gasteiger partial charge in [-0.25, -0.2) is 4.79 Å². The molecule has 0 amide bonds. The van der Waals surface area contributed by atoms with E-state index in [1.54, 1.807) is 48.5 Å². The molecule has 2 aromatic carbocycles. The number of hydrogen-bond acceptors (Lipinski definition) is 4. The van der Waals surface area contributed by atoms with Crippen LogP contribution in [0.4, 0.5) is 13.2 Å². The second kappa shape index (κ2) is 7.83. The number of carbonyl (C=O) groups excluding carboxylic acids is 1. The Bertz CT molecular complexity index is 647. The van der Waals surface area contributed by atoms with Crippen LogP contribution in [0.1, 0.15) is 5.56 Å². The Morgan fingerprint density at radius 2 is 1.54 bits per heavy atom. The number of nitrogens with two attached hydrogens (primary N) is 1. The zero-order chi connectivity index (χ0) is 17.6. The summed E-state index contributed by atoms with van der Waals surface area (Å²) in [6.07, 6.45) is -6.79. The third kappa shape index (κ3) is 4.99. The number of para-hydroxylation sites is 1. The van der Waals surface area contributed by atoms with Gasteiger partial charge in [0.2, 0.25) is 6.10 Å². The molecule has 2 atom stereocenters. The van der Waals surface area contributed by atoms with Gasteiger partial charge in [0.05, 0.1) is 0 Å². The lowest BCUT2D eigenvalue weighted by molar-refractivity contribution is -0.183. The molecule has 2 N–H and O–H groups in total. The smallest absolute Gasteiger partial charge is 0.407 e. The summed E-state index contributed by atoms with van der Waals surface area (Å²) in [5, 5.41) is 0. The lowest BCUT2D eigenvalue weighted by atomic mass is 10.1. The van der Waals surface area contributed by atoms with Crippen molar-refractivity contribution in [2.24, 2.45) is 5.73 Å². The zero-order valence-corrected chi connectivity index (χ0v) is 12.6. The molecule has 0 radical (unpaired) electrons. The maximum atomic E-state index is 12.9. The molecule has 0 aliphatic heterocycles. The van der Waals surface area contributed by atoms with Gasteiger partial charge in [0.25, 0.3) is 0 Å². The number of carbonyl (C=O) groups is 1. The average Bonchev–Trinajstić information content (AvgIpc) is 2.58. The van der Waals surface area contributed by atoms with E-state index < -0.39 is 24.3 Å². The van der Waals surface area contributed by atoms with E-state index >= 15 is 0 Å². The van der Waals surface area contributed by atoms with Crippen LogP contribution >= 0.6 is 0 Å². The maximum absolute atomic E-state index is 12.9. The van der Waals surface area contributed by atoms with Gasteiger partial charge < -0.3 is 15.2 Å². The van der Waals surface area contributed by atoms with Gasteiger partial charge in [-0.3, -0.25) is 0 Å². The summed E-state index contributed by atoms with van der Waals surface area (Å²) in [4.78, 5) is 12.1. The third-order valence-electron chi connectivity index (χ3n) is 3.17. The highest BCUT2D eigenvalue weighted by Crippen LogP contribution is 2.24. The first kappa shape index (κ1) is 17.8. The molecule has 7 heteroatoms. The number of rotatable bonds is 6. The Morgan fingerprint density at radius 1 is 1.00 bits per heavy atom. The van der Waals surface area contributed by atoms with Gasteiger partial charge in [-0.05, 0) is 17.7 Å². The van der Waals surface area contributed by atoms with Gasteiger partial charge in [-0.2, -0.15) is 13.2 Å². The van der Waals surface area contributed by atoms with Crippen LogP contribution < -0.4 is 10.5 Å². The molecule has 0 saturated carbocycles. The summed E-state index contributed by atoms with van der Waals surface area (Å²) in [7, 11) is 0. The fourth-order valence-electron chi connectivity index (χ4n) is 1.90. The SMILES string of the molecule is N[C@H]([C@@H](Oc1ccccc1)C(=O)OCc1ccccc1)C(F)(F)F. The fourth-order valence-corrected chi connectivity index (χ4v) is 1.90. The highest BCUT2D eigenvalue weighted by Gasteiger charge is 2.47. The molecule has 0 fully saturated rings. The molecular weight excluding hydrogens is 323 g/mol. The molecule has 128 valence electrons. The van der Waals surface area contributed by atoms with Crippen molar-refractivity contribution < 1.29 is 27.4 Å².